The Morgan fingerprint density at radius 2 is 2.07 bits per heavy atom. The standard InChI is InChI=1S/C23H23ClN4OS/c1-14(26-2)11-19(25)20-8-7-18(13-27-20)28-10-9-16-12-21(30-22(16)23(28)29)15-3-5-17(24)6-4-15/h3-8,12-14,25-26H,9-11H2,1-2H3/t14-/m1/s1. The van der Waals surface area contributed by atoms with Gasteiger partial charge < -0.3 is 15.6 Å². The molecule has 1 aliphatic heterocycles. The Kier molecular flexibility index (Phi) is 5.99. The number of hydrogen-bond acceptors (Lipinski definition) is 5. The second-order valence-electron chi connectivity index (χ2n) is 7.45. The molecule has 3 heterocycles. The van der Waals surface area contributed by atoms with E-state index in [9.17, 15) is 4.79 Å². The number of nitrogens with zero attached hydrogens (tertiary/aromatic N) is 2. The molecule has 5 nitrogen and oxygen atoms in total. The highest BCUT2D eigenvalue weighted by atomic mass is 35.5. The Balaban J connectivity index is 1.53. The van der Waals surface area contributed by atoms with Gasteiger partial charge in [0.2, 0.25) is 0 Å². The Morgan fingerprint density at radius 3 is 2.73 bits per heavy atom. The van der Waals surface area contributed by atoms with Gasteiger partial charge in [-0.2, -0.15) is 0 Å². The van der Waals surface area contributed by atoms with Gasteiger partial charge in [0.25, 0.3) is 5.91 Å². The van der Waals surface area contributed by atoms with E-state index in [0.29, 0.717) is 29.4 Å². The van der Waals surface area contributed by atoms with E-state index in [-0.39, 0.29) is 11.9 Å². The summed E-state index contributed by atoms with van der Waals surface area (Å²) in [4.78, 5) is 21.2. The first-order valence-electron chi connectivity index (χ1n) is 9.88. The van der Waals surface area contributed by atoms with Crippen LogP contribution in [0.4, 0.5) is 5.69 Å². The highest BCUT2D eigenvalue weighted by Crippen LogP contribution is 2.36. The van der Waals surface area contributed by atoms with E-state index in [2.05, 4.69) is 16.4 Å². The molecule has 0 saturated heterocycles. The number of hydrogen-bond donors (Lipinski definition) is 2. The lowest BCUT2D eigenvalue weighted by Crippen LogP contribution is -2.36. The summed E-state index contributed by atoms with van der Waals surface area (Å²) in [6.07, 6.45) is 3.12. The van der Waals surface area contributed by atoms with Gasteiger partial charge in [0.1, 0.15) is 0 Å². The van der Waals surface area contributed by atoms with Crippen LogP contribution in [0.1, 0.15) is 34.3 Å². The molecule has 0 unspecified atom stereocenters. The molecular weight excluding hydrogens is 416 g/mol. The first kappa shape index (κ1) is 20.7. The third kappa shape index (κ3) is 4.17. The zero-order chi connectivity index (χ0) is 21.3. The molecule has 154 valence electrons. The van der Waals surface area contributed by atoms with E-state index in [1.54, 1.807) is 11.1 Å². The summed E-state index contributed by atoms with van der Waals surface area (Å²) < 4.78 is 0. The van der Waals surface area contributed by atoms with Crippen LogP contribution >= 0.6 is 22.9 Å². The van der Waals surface area contributed by atoms with Crippen LogP contribution in [-0.4, -0.2) is 36.2 Å². The summed E-state index contributed by atoms with van der Waals surface area (Å²) in [6.45, 7) is 2.66. The maximum atomic E-state index is 13.2. The fraction of sp³-hybridized carbons (Fsp3) is 0.261. The molecule has 1 atom stereocenters. The van der Waals surface area contributed by atoms with E-state index in [1.807, 2.05) is 50.4 Å². The number of thiophene rings is 1. The third-order valence-electron chi connectivity index (χ3n) is 5.35. The van der Waals surface area contributed by atoms with Crippen molar-refractivity contribution in [2.75, 3.05) is 18.5 Å². The first-order chi connectivity index (χ1) is 14.5. The van der Waals surface area contributed by atoms with Crippen LogP contribution in [0.25, 0.3) is 10.4 Å². The van der Waals surface area contributed by atoms with Crippen molar-refractivity contribution in [2.45, 2.75) is 25.8 Å². The van der Waals surface area contributed by atoms with Crippen molar-refractivity contribution in [3.05, 3.63) is 69.8 Å². The molecule has 0 radical (unpaired) electrons. The number of halogens is 1. The van der Waals surface area contributed by atoms with Crippen molar-refractivity contribution in [3.8, 4) is 10.4 Å². The van der Waals surface area contributed by atoms with Crippen molar-refractivity contribution in [3.63, 3.8) is 0 Å². The summed E-state index contributed by atoms with van der Waals surface area (Å²) in [7, 11) is 1.88. The number of benzene rings is 1. The minimum atomic E-state index is 0.00916. The normalized spacial score (nSPS) is 14.5. The molecule has 30 heavy (non-hydrogen) atoms. The highest BCUT2D eigenvalue weighted by molar-refractivity contribution is 7.17. The van der Waals surface area contributed by atoms with Crippen LogP contribution in [0.5, 0.6) is 0 Å². The average molecular weight is 439 g/mol. The molecule has 1 amide bonds. The lowest BCUT2D eigenvalue weighted by molar-refractivity contribution is 0.0985. The Morgan fingerprint density at radius 1 is 1.30 bits per heavy atom. The molecule has 0 aliphatic carbocycles. The predicted octanol–water partition coefficient (Wildman–Crippen LogP) is 5.03. The smallest absolute Gasteiger partial charge is 0.268 e. The number of fused-ring (bicyclic) bond motifs is 1. The molecular formula is C23H23ClN4OS. The highest BCUT2D eigenvalue weighted by Gasteiger charge is 2.28. The second-order valence-corrected chi connectivity index (χ2v) is 8.94. The van der Waals surface area contributed by atoms with Gasteiger partial charge in [0.15, 0.2) is 0 Å². The molecule has 0 spiro atoms. The van der Waals surface area contributed by atoms with E-state index < -0.39 is 0 Å². The number of carbonyl (C=O) groups is 1. The largest absolute Gasteiger partial charge is 0.317 e. The van der Waals surface area contributed by atoms with Gasteiger partial charge in [0, 0.05) is 28.9 Å². The SMILES string of the molecule is CN[C@H](C)CC(=N)c1ccc(N2CCc3cc(-c4ccc(Cl)cc4)sc3C2=O)cn1. The van der Waals surface area contributed by atoms with Gasteiger partial charge in [-0.25, -0.2) is 0 Å². The zero-order valence-corrected chi connectivity index (χ0v) is 18.5. The Bertz CT molecular complexity index is 1080. The molecule has 4 rings (SSSR count). The van der Waals surface area contributed by atoms with Crippen LogP contribution in [0, 0.1) is 5.41 Å². The van der Waals surface area contributed by atoms with Gasteiger partial charge in [-0.15, -0.1) is 11.3 Å². The molecule has 2 aromatic heterocycles. The fourth-order valence-corrected chi connectivity index (χ4v) is 4.78. The molecule has 1 aliphatic rings. The van der Waals surface area contributed by atoms with E-state index in [4.69, 9.17) is 17.0 Å². The number of anilines is 1. The van der Waals surface area contributed by atoms with Gasteiger partial charge in [0.05, 0.1) is 28.2 Å². The van der Waals surface area contributed by atoms with Crippen molar-refractivity contribution < 1.29 is 4.79 Å². The van der Waals surface area contributed by atoms with Crippen LogP contribution in [0.2, 0.25) is 5.02 Å². The average Bonchev–Trinajstić information content (AvgIpc) is 3.20. The molecule has 2 N–H and O–H groups in total. The minimum absolute atomic E-state index is 0.00916. The number of nitrogens with one attached hydrogen (secondary N) is 2. The van der Waals surface area contributed by atoms with Crippen molar-refractivity contribution in [1.29, 1.82) is 5.41 Å². The Labute approximate surface area is 185 Å². The van der Waals surface area contributed by atoms with Gasteiger partial charge in [-0.3, -0.25) is 9.78 Å². The summed E-state index contributed by atoms with van der Waals surface area (Å²) in [5.41, 5.74) is 4.07. The van der Waals surface area contributed by atoms with Crippen LogP contribution < -0.4 is 10.2 Å². The monoisotopic (exact) mass is 438 g/mol. The first-order valence-corrected chi connectivity index (χ1v) is 11.1. The van der Waals surface area contributed by atoms with Gasteiger partial charge >= 0.3 is 0 Å². The van der Waals surface area contributed by atoms with E-state index >= 15 is 0 Å². The van der Waals surface area contributed by atoms with Gasteiger partial charge in [-0.1, -0.05) is 23.7 Å². The molecule has 0 bridgehead atoms. The summed E-state index contributed by atoms with van der Waals surface area (Å²) in [5.74, 6) is 0.00916. The number of rotatable bonds is 6. The molecule has 3 aromatic rings. The molecule has 0 fully saturated rings. The number of pyridine rings is 1. The minimum Gasteiger partial charge on any atom is -0.317 e. The van der Waals surface area contributed by atoms with Gasteiger partial charge in [-0.05, 0) is 61.9 Å². The second kappa shape index (κ2) is 8.68. The molecule has 1 aromatic carbocycles. The quantitative estimate of drug-likeness (QED) is 0.530. The molecule has 0 saturated carbocycles. The summed E-state index contributed by atoms with van der Waals surface area (Å²) in [5, 5.41) is 12.1. The van der Waals surface area contributed by atoms with Crippen molar-refractivity contribution in [1.82, 2.24) is 10.3 Å². The lowest BCUT2D eigenvalue weighted by atomic mass is 10.1. The maximum absolute atomic E-state index is 13.2. The van der Waals surface area contributed by atoms with E-state index in [0.717, 1.165) is 33.0 Å². The van der Waals surface area contributed by atoms with Crippen LogP contribution in [-0.2, 0) is 6.42 Å². The van der Waals surface area contributed by atoms with Crippen molar-refractivity contribution >= 4 is 40.2 Å². The van der Waals surface area contributed by atoms with Crippen LogP contribution in [0.15, 0.2) is 48.7 Å². The zero-order valence-electron chi connectivity index (χ0n) is 16.9. The summed E-state index contributed by atoms with van der Waals surface area (Å²) in [6, 6.07) is 13.7. The third-order valence-corrected chi connectivity index (χ3v) is 6.82. The van der Waals surface area contributed by atoms with Crippen molar-refractivity contribution in [2.24, 2.45) is 0 Å². The number of aromatic nitrogens is 1. The lowest BCUT2D eigenvalue weighted by Gasteiger charge is -2.26. The Hall–Kier alpha value is -2.54. The van der Waals surface area contributed by atoms with Crippen LogP contribution in [0.3, 0.4) is 0 Å². The maximum Gasteiger partial charge on any atom is 0.268 e. The topological polar surface area (TPSA) is 69.1 Å². The number of carbonyl (C=O) groups excluding carboxylic acids is 1. The van der Waals surface area contributed by atoms with E-state index in [1.165, 1.54) is 11.3 Å². The molecule has 7 heteroatoms. The predicted molar refractivity (Wildman–Crippen MR) is 124 cm³/mol. The summed E-state index contributed by atoms with van der Waals surface area (Å²) >= 11 is 7.52. The fourth-order valence-electron chi connectivity index (χ4n) is 3.49. The number of amides is 1.